The molecule has 1 saturated heterocycles. The first-order valence-electron chi connectivity index (χ1n) is 8.37. The Hall–Kier alpha value is -2.66. The van der Waals surface area contributed by atoms with Crippen molar-refractivity contribution >= 4 is 17.1 Å². The molecule has 27 heavy (non-hydrogen) atoms. The molecule has 4 N–H and O–H groups in total. The van der Waals surface area contributed by atoms with E-state index >= 15 is 0 Å². The number of ether oxygens (including phenoxy) is 1. The monoisotopic (exact) mass is 375 g/mol. The third-order valence-electron chi connectivity index (χ3n) is 4.45. The van der Waals surface area contributed by atoms with Crippen LogP contribution in [0, 0.1) is 5.82 Å². The molecule has 0 bridgehead atoms. The van der Waals surface area contributed by atoms with Gasteiger partial charge in [0.05, 0.1) is 19.1 Å². The van der Waals surface area contributed by atoms with Crippen LogP contribution >= 0.6 is 0 Å². The minimum atomic E-state index is -1.24. The Bertz CT molecular complexity index is 952. The van der Waals surface area contributed by atoms with Gasteiger partial charge >= 0.3 is 0 Å². The number of nitrogens with zero attached hydrogens (tertiary/aromatic N) is 4. The number of rotatable bonds is 5. The number of imidazole rings is 1. The highest BCUT2D eigenvalue weighted by Crippen LogP contribution is 2.31. The fourth-order valence-electron chi connectivity index (χ4n) is 3.04. The maximum absolute atomic E-state index is 13.3. The first kappa shape index (κ1) is 17.7. The summed E-state index contributed by atoms with van der Waals surface area (Å²) in [5.41, 5.74) is 1.60. The molecule has 142 valence electrons. The summed E-state index contributed by atoms with van der Waals surface area (Å²) < 4.78 is 20.3. The van der Waals surface area contributed by atoms with Gasteiger partial charge in [-0.05, 0) is 17.7 Å². The molecule has 1 aromatic carbocycles. The largest absolute Gasteiger partial charge is 0.394 e. The number of nitrogens with one attached hydrogen (secondary N) is 1. The average molecular weight is 375 g/mol. The van der Waals surface area contributed by atoms with E-state index < -0.39 is 31.1 Å². The summed E-state index contributed by atoms with van der Waals surface area (Å²) in [4.78, 5) is 12.7. The van der Waals surface area contributed by atoms with Gasteiger partial charge in [-0.3, -0.25) is 4.57 Å². The summed E-state index contributed by atoms with van der Waals surface area (Å²) in [7, 11) is 0. The number of benzene rings is 1. The topological polar surface area (TPSA) is 126 Å². The van der Waals surface area contributed by atoms with Crippen LogP contribution in [0.2, 0.25) is 0 Å². The average Bonchev–Trinajstić information content (AvgIpc) is 3.21. The third-order valence-corrected chi connectivity index (χ3v) is 4.45. The molecule has 1 unspecified atom stereocenters. The van der Waals surface area contributed by atoms with Crippen LogP contribution in [-0.4, -0.2) is 59.8 Å². The van der Waals surface area contributed by atoms with Gasteiger partial charge in [-0.25, -0.2) is 14.4 Å². The molecule has 0 radical (unpaired) electrons. The highest BCUT2D eigenvalue weighted by molar-refractivity contribution is 5.71. The second-order valence-corrected chi connectivity index (χ2v) is 6.27. The lowest BCUT2D eigenvalue weighted by molar-refractivity contribution is -0.0511. The van der Waals surface area contributed by atoms with Crippen molar-refractivity contribution in [3.63, 3.8) is 0 Å². The van der Waals surface area contributed by atoms with Gasteiger partial charge in [-0.1, -0.05) is 12.1 Å². The molecule has 4 rings (SSSR count). The summed E-state index contributed by atoms with van der Waals surface area (Å²) in [5, 5.41) is 32.4. The minimum absolute atomic E-state index is 0.292. The predicted octanol–water partition coefficient (Wildman–Crippen LogP) is 0.189. The van der Waals surface area contributed by atoms with Gasteiger partial charge < -0.3 is 25.4 Å². The van der Waals surface area contributed by atoms with Crippen LogP contribution in [0.25, 0.3) is 11.2 Å². The lowest BCUT2D eigenvalue weighted by Gasteiger charge is -2.16. The summed E-state index contributed by atoms with van der Waals surface area (Å²) in [6, 6.07) is 6.17. The molecule has 4 atom stereocenters. The number of aromatic nitrogens is 4. The van der Waals surface area contributed by atoms with Crippen molar-refractivity contribution in [3.8, 4) is 0 Å². The van der Waals surface area contributed by atoms with Crippen LogP contribution in [-0.2, 0) is 11.3 Å². The van der Waals surface area contributed by atoms with Crippen molar-refractivity contribution in [1.29, 1.82) is 0 Å². The molecule has 1 aliphatic rings. The summed E-state index contributed by atoms with van der Waals surface area (Å²) in [6.07, 6.45) is -1.35. The first-order valence-corrected chi connectivity index (χ1v) is 8.37. The van der Waals surface area contributed by atoms with Gasteiger partial charge in [-0.15, -0.1) is 0 Å². The maximum Gasteiger partial charge on any atom is 0.225 e. The van der Waals surface area contributed by atoms with Gasteiger partial charge in [-0.2, -0.15) is 4.98 Å². The van der Waals surface area contributed by atoms with Crippen molar-refractivity contribution in [2.24, 2.45) is 0 Å². The van der Waals surface area contributed by atoms with Crippen LogP contribution in [0.4, 0.5) is 10.3 Å². The number of hydrogen-bond donors (Lipinski definition) is 4. The van der Waals surface area contributed by atoms with Crippen molar-refractivity contribution in [2.75, 3.05) is 11.9 Å². The standard InChI is InChI=1S/C17H18FN5O4/c18-10-3-1-2-9(4-10)5-19-17-20-6-11-15(22-17)23(8-21-11)16-14(26)13(25)12(7-24)27-16/h1-4,6,8,12-14,16,24-26H,5,7H2,(H,19,20,22)/t12-,13-,14+,16?/m1/s1. The Balaban J connectivity index is 1.58. The van der Waals surface area contributed by atoms with E-state index in [1.807, 2.05) is 0 Å². The van der Waals surface area contributed by atoms with Crippen molar-refractivity contribution < 1.29 is 24.4 Å². The van der Waals surface area contributed by atoms with E-state index in [2.05, 4.69) is 20.3 Å². The molecular weight excluding hydrogens is 357 g/mol. The Kier molecular flexibility index (Phi) is 4.70. The summed E-state index contributed by atoms with van der Waals surface area (Å²) in [5.74, 6) is -0.0339. The molecule has 1 aliphatic heterocycles. The SMILES string of the molecule is OC[C@H]1OC(n2cnc3cnc(NCc4cccc(F)c4)nc32)[C@@H](O)[C@@H]1O. The lowest BCUT2D eigenvalue weighted by atomic mass is 10.1. The van der Waals surface area contributed by atoms with Crippen LogP contribution in [0.3, 0.4) is 0 Å². The van der Waals surface area contributed by atoms with E-state index in [4.69, 9.17) is 4.74 Å². The second-order valence-electron chi connectivity index (χ2n) is 6.27. The second kappa shape index (κ2) is 7.16. The summed E-state index contributed by atoms with van der Waals surface area (Å²) >= 11 is 0. The molecule has 0 spiro atoms. The Morgan fingerprint density at radius 3 is 2.81 bits per heavy atom. The quantitative estimate of drug-likeness (QED) is 0.498. The zero-order valence-electron chi connectivity index (χ0n) is 14.1. The molecule has 0 amide bonds. The number of aliphatic hydroxyl groups is 3. The Morgan fingerprint density at radius 1 is 1.22 bits per heavy atom. The third kappa shape index (κ3) is 3.35. The van der Waals surface area contributed by atoms with Gasteiger partial charge in [0.25, 0.3) is 0 Å². The minimum Gasteiger partial charge on any atom is -0.394 e. The Labute approximate surface area is 153 Å². The highest BCUT2D eigenvalue weighted by atomic mass is 19.1. The molecule has 0 aliphatic carbocycles. The first-order chi connectivity index (χ1) is 13.1. The van der Waals surface area contributed by atoms with Crippen LogP contribution in [0.1, 0.15) is 11.8 Å². The summed E-state index contributed by atoms with van der Waals surface area (Å²) in [6.45, 7) is -0.0952. The lowest BCUT2D eigenvalue weighted by Crippen LogP contribution is -2.33. The molecule has 9 nitrogen and oxygen atoms in total. The number of aliphatic hydroxyl groups excluding tert-OH is 3. The van der Waals surface area contributed by atoms with Crippen molar-refractivity contribution in [2.45, 2.75) is 31.1 Å². The number of halogens is 1. The molecule has 1 fully saturated rings. The van der Waals surface area contributed by atoms with E-state index in [1.54, 1.807) is 12.1 Å². The predicted molar refractivity (Wildman–Crippen MR) is 92.1 cm³/mol. The molecule has 0 saturated carbocycles. The Morgan fingerprint density at radius 2 is 2.07 bits per heavy atom. The van der Waals surface area contributed by atoms with Crippen LogP contribution < -0.4 is 5.32 Å². The molecule has 10 heteroatoms. The van der Waals surface area contributed by atoms with Crippen molar-refractivity contribution in [1.82, 2.24) is 19.5 Å². The molecule has 3 heterocycles. The van der Waals surface area contributed by atoms with Gasteiger partial charge in [0.2, 0.25) is 5.95 Å². The van der Waals surface area contributed by atoms with Gasteiger partial charge in [0.1, 0.15) is 29.6 Å². The molecule has 3 aromatic rings. The fraction of sp³-hybridized carbons (Fsp3) is 0.353. The molecule has 2 aromatic heterocycles. The van der Waals surface area contributed by atoms with Gasteiger partial charge in [0.15, 0.2) is 11.9 Å². The normalized spacial score (nSPS) is 25.2. The number of fused-ring (bicyclic) bond motifs is 1. The van der Waals surface area contributed by atoms with E-state index in [-0.39, 0.29) is 5.82 Å². The van der Waals surface area contributed by atoms with Crippen LogP contribution in [0.15, 0.2) is 36.8 Å². The van der Waals surface area contributed by atoms with E-state index in [1.165, 1.54) is 29.2 Å². The van der Waals surface area contributed by atoms with E-state index in [0.29, 0.717) is 23.7 Å². The number of hydrogen-bond acceptors (Lipinski definition) is 8. The smallest absolute Gasteiger partial charge is 0.225 e. The van der Waals surface area contributed by atoms with E-state index in [9.17, 15) is 19.7 Å². The molecular formula is C17H18FN5O4. The van der Waals surface area contributed by atoms with E-state index in [0.717, 1.165) is 5.56 Å². The maximum atomic E-state index is 13.3. The number of anilines is 1. The zero-order chi connectivity index (χ0) is 19.0. The van der Waals surface area contributed by atoms with Gasteiger partial charge in [0, 0.05) is 6.54 Å². The fourth-order valence-corrected chi connectivity index (χ4v) is 3.04. The zero-order valence-corrected chi connectivity index (χ0v) is 14.1. The highest BCUT2D eigenvalue weighted by Gasteiger charge is 2.43. The van der Waals surface area contributed by atoms with Crippen molar-refractivity contribution in [3.05, 3.63) is 48.2 Å². The van der Waals surface area contributed by atoms with Crippen LogP contribution in [0.5, 0.6) is 0 Å².